The van der Waals surface area contributed by atoms with Crippen LogP contribution in [0.15, 0.2) is 0 Å². The summed E-state index contributed by atoms with van der Waals surface area (Å²) in [7, 11) is -6.42. The van der Waals surface area contributed by atoms with Gasteiger partial charge in [0.1, 0.15) is 0 Å². The first-order valence-corrected chi connectivity index (χ1v) is 9.80. The summed E-state index contributed by atoms with van der Waals surface area (Å²) in [6.07, 6.45) is -6.39. The van der Waals surface area contributed by atoms with E-state index in [4.69, 9.17) is 4.55 Å². The average Bonchev–Trinajstić information content (AvgIpc) is 2.77. The molecular weight excluding hydrogens is 387 g/mol. The molecule has 0 saturated heterocycles. The predicted octanol–water partition coefficient (Wildman–Crippen LogP) is 3.16. The summed E-state index contributed by atoms with van der Waals surface area (Å²) in [5.41, 5.74) is -1.74. The largest absolute Gasteiger partial charge is 0.444 e. The smallest absolute Gasteiger partial charge is 0.432 e. The highest BCUT2D eigenvalue weighted by Gasteiger charge is 2.78. The molecule has 4 saturated carbocycles. The quantitative estimate of drug-likeness (QED) is 0.442. The normalized spacial score (nSPS) is 42.3. The number of rotatable bonds is 4. The maximum atomic E-state index is 13.7. The van der Waals surface area contributed by atoms with Gasteiger partial charge in [-0.05, 0) is 61.7 Å². The van der Waals surface area contributed by atoms with E-state index in [0.29, 0.717) is 31.6 Å². The van der Waals surface area contributed by atoms with E-state index in [-0.39, 0.29) is 11.8 Å². The fourth-order valence-electron chi connectivity index (χ4n) is 6.43. The molecule has 0 aromatic rings. The lowest BCUT2D eigenvalue weighted by Gasteiger charge is -2.57. The van der Waals surface area contributed by atoms with Crippen molar-refractivity contribution >= 4 is 16.1 Å². The zero-order valence-electron chi connectivity index (χ0n) is 13.4. The van der Waals surface area contributed by atoms with Crippen LogP contribution < -0.4 is 0 Å². The van der Waals surface area contributed by atoms with Crippen LogP contribution in [0.4, 0.5) is 22.0 Å². The third-order valence-electron chi connectivity index (χ3n) is 7.12. The second-order valence-electron chi connectivity index (χ2n) is 8.32. The Bertz CT molecular complexity index is 759. The Morgan fingerprint density at radius 3 is 2.23 bits per heavy atom. The number of fused-ring (bicyclic) bond motifs is 2. The molecule has 148 valence electrons. The average molecular weight is 404 g/mol. The fourth-order valence-corrected chi connectivity index (χ4v) is 6.88. The summed E-state index contributed by atoms with van der Waals surface area (Å²) >= 11 is 0. The summed E-state index contributed by atoms with van der Waals surface area (Å²) in [6.45, 7) is 0. The van der Waals surface area contributed by atoms with Crippen molar-refractivity contribution in [1.82, 2.24) is 0 Å². The van der Waals surface area contributed by atoms with Crippen molar-refractivity contribution in [2.24, 2.45) is 28.6 Å². The Morgan fingerprint density at radius 1 is 1.04 bits per heavy atom. The molecule has 0 heterocycles. The highest BCUT2D eigenvalue weighted by molar-refractivity contribution is 7.86. The maximum Gasteiger partial charge on any atom is 0.432 e. The lowest BCUT2D eigenvalue weighted by atomic mass is 9.46. The molecule has 1 N–H and O–H groups in total. The standard InChI is InChI=1S/C15H17F5O5S/c16-14(17,18)10(15(19,20)26(22,23)24)25-11(21)13-5-8-1-7-2-9(6-13)12(13,3-7)4-8/h7-10H,1-6H2,(H,22,23,24). The molecule has 0 aromatic carbocycles. The minimum absolute atomic E-state index is 0.153. The SMILES string of the molecule is O=C(OC(C(F)(F)F)C(F)(F)S(=O)(=O)O)C12CC3CC4CC(C1)C2(C4)C3. The third kappa shape index (κ3) is 2.10. The van der Waals surface area contributed by atoms with E-state index < -0.39 is 44.5 Å². The Morgan fingerprint density at radius 2 is 1.65 bits per heavy atom. The van der Waals surface area contributed by atoms with Gasteiger partial charge in [-0.2, -0.15) is 30.4 Å². The molecule has 11 heteroatoms. The van der Waals surface area contributed by atoms with Crippen LogP contribution in [0.3, 0.4) is 0 Å². The second kappa shape index (κ2) is 4.89. The van der Waals surface area contributed by atoms with Gasteiger partial charge in [-0.3, -0.25) is 9.35 Å². The van der Waals surface area contributed by atoms with Gasteiger partial charge in [-0.25, -0.2) is 0 Å². The molecular formula is C15H17F5O5S. The minimum Gasteiger partial charge on any atom is -0.444 e. The van der Waals surface area contributed by atoms with Gasteiger partial charge in [0.05, 0.1) is 5.41 Å². The Hall–Kier alpha value is -0.970. The summed E-state index contributed by atoms with van der Waals surface area (Å²) < 4.78 is 101. The second-order valence-corrected chi connectivity index (χ2v) is 9.81. The molecule has 1 spiro atoms. The third-order valence-corrected chi connectivity index (χ3v) is 8.02. The molecule has 4 aliphatic rings. The molecule has 4 aliphatic carbocycles. The van der Waals surface area contributed by atoms with Crippen LogP contribution in [0, 0.1) is 28.6 Å². The zero-order valence-corrected chi connectivity index (χ0v) is 14.2. The van der Waals surface area contributed by atoms with Crippen LogP contribution in [-0.4, -0.2) is 36.5 Å². The summed E-state index contributed by atoms with van der Waals surface area (Å²) in [4.78, 5) is 12.6. The van der Waals surface area contributed by atoms with Gasteiger partial charge < -0.3 is 4.74 Å². The van der Waals surface area contributed by atoms with Gasteiger partial charge in [0, 0.05) is 0 Å². The molecule has 4 rings (SSSR count). The number of hydrogen-bond donors (Lipinski definition) is 1. The van der Waals surface area contributed by atoms with Gasteiger partial charge in [-0.15, -0.1) is 0 Å². The lowest BCUT2D eigenvalue weighted by Crippen LogP contribution is -2.60. The molecule has 4 fully saturated rings. The van der Waals surface area contributed by atoms with Crippen molar-refractivity contribution in [3.8, 4) is 0 Å². The highest BCUT2D eigenvalue weighted by Crippen LogP contribution is 2.81. The van der Waals surface area contributed by atoms with Gasteiger partial charge in [0.25, 0.3) is 6.10 Å². The van der Waals surface area contributed by atoms with Crippen LogP contribution in [0.25, 0.3) is 0 Å². The van der Waals surface area contributed by atoms with Crippen molar-refractivity contribution in [3.63, 3.8) is 0 Å². The molecule has 26 heavy (non-hydrogen) atoms. The molecule has 0 radical (unpaired) electrons. The number of halogens is 5. The van der Waals surface area contributed by atoms with E-state index in [2.05, 4.69) is 4.74 Å². The van der Waals surface area contributed by atoms with E-state index in [1.54, 1.807) is 0 Å². The first kappa shape index (κ1) is 18.4. The van der Waals surface area contributed by atoms with Crippen molar-refractivity contribution in [2.45, 2.75) is 56.1 Å². The Labute approximate surface area is 146 Å². The van der Waals surface area contributed by atoms with E-state index in [1.165, 1.54) is 0 Å². The number of alkyl halides is 5. The first-order valence-electron chi connectivity index (χ1n) is 8.36. The van der Waals surface area contributed by atoms with Crippen LogP contribution in [0.2, 0.25) is 0 Å². The van der Waals surface area contributed by atoms with Crippen molar-refractivity contribution in [2.75, 3.05) is 0 Å². The van der Waals surface area contributed by atoms with Gasteiger partial charge in [0.15, 0.2) is 0 Å². The predicted molar refractivity (Wildman–Crippen MR) is 75.5 cm³/mol. The molecule has 6 atom stereocenters. The molecule has 6 unspecified atom stereocenters. The van der Waals surface area contributed by atoms with Gasteiger partial charge in [0.2, 0.25) is 0 Å². The van der Waals surface area contributed by atoms with Crippen molar-refractivity contribution in [1.29, 1.82) is 0 Å². The number of carbonyl (C=O) groups excluding carboxylic acids is 1. The van der Waals surface area contributed by atoms with E-state index in [0.717, 1.165) is 12.8 Å². The van der Waals surface area contributed by atoms with Gasteiger partial charge >= 0.3 is 27.5 Å². The van der Waals surface area contributed by atoms with Crippen molar-refractivity contribution in [3.05, 3.63) is 0 Å². The van der Waals surface area contributed by atoms with E-state index in [1.807, 2.05) is 0 Å². The Balaban J connectivity index is 1.65. The first-order chi connectivity index (χ1) is 11.7. The molecule has 3 bridgehead atoms. The number of ether oxygens (including phenoxy) is 1. The van der Waals surface area contributed by atoms with Gasteiger partial charge in [-0.1, -0.05) is 0 Å². The van der Waals surface area contributed by atoms with Crippen LogP contribution >= 0.6 is 0 Å². The molecule has 5 nitrogen and oxygen atoms in total. The summed E-state index contributed by atoms with van der Waals surface area (Å²) in [5, 5.41) is -5.68. The number of hydrogen-bond acceptors (Lipinski definition) is 4. The lowest BCUT2D eigenvalue weighted by molar-refractivity contribution is -0.270. The molecule has 0 aromatic heterocycles. The van der Waals surface area contributed by atoms with Crippen LogP contribution in [-0.2, 0) is 19.6 Å². The number of esters is 1. The summed E-state index contributed by atoms with van der Waals surface area (Å²) in [6, 6.07) is 0. The number of carbonyl (C=O) groups is 1. The molecule has 0 amide bonds. The van der Waals surface area contributed by atoms with E-state index >= 15 is 0 Å². The van der Waals surface area contributed by atoms with Crippen molar-refractivity contribution < 1.29 is 44.5 Å². The Kier molecular flexibility index (Phi) is 3.46. The van der Waals surface area contributed by atoms with Crippen LogP contribution in [0.1, 0.15) is 38.5 Å². The monoisotopic (exact) mass is 404 g/mol. The van der Waals surface area contributed by atoms with Crippen LogP contribution in [0.5, 0.6) is 0 Å². The maximum absolute atomic E-state index is 13.7. The van der Waals surface area contributed by atoms with E-state index in [9.17, 15) is 35.2 Å². The zero-order chi connectivity index (χ0) is 19.3. The minimum atomic E-state index is -6.42. The topological polar surface area (TPSA) is 80.7 Å². The molecule has 0 aliphatic heterocycles. The highest BCUT2D eigenvalue weighted by atomic mass is 32.2. The summed E-state index contributed by atoms with van der Waals surface area (Å²) in [5.74, 6) is -0.683. The fraction of sp³-hybridized carbons (Fsp3) is 0.933.